The van der Waals surface area contributed by atoms with Crippen molar-refractivity contribution in [3.05, 3.63) is 18.0 Å². The molecular weight excluding hydrogens is 514 g/mol. The summed E-state index contributed by atoms with van der Waals surface area (Å²) in [5.41, 5.74) is -6.28. The minimum atomic E-state index is -4.96. The maximum atomic E-state index is 12.8. The Labute approximate surface area is 208 Å². The summed E-state index contributed by atoms with van der Waals surface area (Å²) in [6.45, 7) is 4.50. The van der Waals surface area contributed by atoms with E-state index in [0.29, 0.717) is 0 Å². The molecule has 37 heavy (non-hydrogen) atoms. The molecule has 0 aliphatic carbocycles. The van der Waals surface area contributed by atoms with Crippen LogP contribution in [-0.2, 0) is 15.7 Å². The Kier molecular flexibility index (Phi) is 7.81. The van der Waals surface area contributed by atoms with Gasteiger partial charge in [0.25, 0.3) is 5.91 Å². The Morgan fingerprint density at radius 3 is 1.97 bits per heavy atom. The zero-order valence-corrected chi connectivity index (χ0v) is 19.6. The molecule has 1 aliphatic heterocycles. The minimum Gasteiger partial charge on any atom is -0.444 e. The van der Waals surface area contributed by atoms with Crippen LogP contribution >= 0.6 is 0 Å². The Hall–Kier alpha value is -2.81. The second kappa shape index (κ2) is 9.50. The smallest absolute Gasteiger partial charge is 0.419 e. The van der Waals surface area contributed by atoms with E-state index in [4.69, 9.17) is 12.6 Å². The highest BCUT2D eigenvalue weighted by Gasteiger charge is 2.76. The van der Waals surface area contributed by atoms with Crippen molar-refractivity contribution in [3.8, 4) is 0 Å². The van der Waals surface area contributed by atoms with Gasteiger partial charge in [0.1, 0.15) is 5.60 Å². The van der Waals surface area contributed by atoms with Gasteiger partial charge in [-0.2, -0.15) is 13.2 Å². The number of nitrogens with zero attached hydrogens (tertiary/aromatic N) is 4. The van der Waals surface area contributed by atoms with Crippen LogP contribution in [0.3, 0.4) is 0 Å². The number of halogens is 3. The van der Waals surface area contributed by atoms with Gasteiger partial charge >= 0.3 is 24.1 Å². The number of alkyl carbamates (subject to hydrolysis) is 1. The third kappa shape index (κ3) is 5.71. The lowest BCUT2D eigenvalue weighted by Crippen LogP contribution is -2.91. The number of amides is 2. The highest BCUT2D eigenvalue weighted by molar-refractivity contribution is 6.16. The van der Waals surface area contributed by atoms with Crippen molar-refractivity contribution < 1.29 is 63.2 Å². The maximum absolute atomic E-state index is 12.8. The van der Waals surface area contributed by atoms with Crippen LogP contribution in [0.2, 0.25) is 0 Å². The summed E-state index contributed by atoms with van der Waals surface area (Å²) in [4.78, 5) is 29.1. The largest absolute Gasteiger partial charge is 0.444 e. The number of piperazine rings is 1. The first-order valence-corrected chi connectivity index (χ1v) is 10.3. The number of aromatic nitrogens is 2. The van der Waals surface area contributed by atoms with Gasteiger partial charge in [0.2, 0.25) is 11.9 Å². The molecule has 2 heterocycles. The summed E-state index contributed by atoms with van der Waals surface area (Å²) < 4.78 is 43.3. The Morgan fingerprint density at radius 1 is 1.00 bits per heavy atom. The number of anilines is 1. The van der Waals surface area contributed by atoms with Gasteiger partial charge in [-0.1, -0.05) is 0 Å². The number of carbonyl (C=O) groups is 2. The molecule has 1 aromatic heterocycles. The molecule has 1 fully saturated rings. The van der Waals surface area contributed by atoms with Crippen LogP contribution in [0.1, 0.15) is 39.2 Å². The van der Waals surface area contributed by atoms with Crippen molar-refractivity contribution in [1.82, 2.24) is 20.2 Å². The van der Waals surface area contributed by atoms with Gasteiger partial charge in [0, 0.05) is 25.4 Å². The third-order valence-electron chi connectivity index (χ3n) is 4.87. The molecule has 1 aromatic rings. The number of nitrogens with one attached hydrogen (secondary N) is 1. The molecule has 1 unspecified atom stereocenters. The van der Waals surface area contributed by atoms with Gasteiger partial charge in [0.15, 0.2) is 13.5 Å². The number of hydrogen-bond acceptors (Lipinski definition) is 13. The number of rotatable bonds is 5. The first kappa shape index (κ1) is 30.4. The van der Waals surface area contributed by atoms with Crippen molar-refractivity contribution in [3.63, 3.8) is 0 Å². The SMILES string of the molecule is [B]C1(O)N(C(=O)CCCNC(=O)OC(C)(C)C)C(O)(O)C(O)(O)N(c2ncc(C(F)(F)F)cn2)C1(O)O. The van der Waals surface area contributed by atoms with E-state index in [0.717, 1.165) is 0 Å². The highest BCUT2D eigenvalue weighted by Crippen LogP contribution is 2.45. The van der Waals surface area contributed by atoms with E-state index in [2.05, 4.69) is 15.3 Å². The van der Waals surface area contributed by atoms with E-state index >= 15 is 0 Å². The molecule has 15 nitrogen and oxygen atoms in total. The Bertz CT molecular complexity index is 987. The molecule has 2 rings (SSSR count). The Morgan fingerprint density at radius 2 is 1.51 bits per heavy atom. The van der Waals surface area contributed by atoms with Crippen molar-refractivity contribution >= 4 is 25.8 Å². The van der Waals surface area contributed by atoms with Crippen LogP contribution in [0.15, 0.2) is 12.4 Å². The fraction of sp³-hybridized carbons (Fsp3) is 0.667. The zero-order valence-electron chi connectivity index (χ0n) is 19.6. The molecule has 0 aromatic carbocycles. The quantitative estimate of drug-likeness (QED) is 0.107. The maximum Gasteiger partial charge on any atom is 0.419 e. The standard InChI is InChI=1S/C18H25BF3N5O10/c1-13(2,3)37-12(29)23-6-4-5-10(28)26-15(19,30)16(31,32)27(18(35,36)17(26,33)34)11-24-7-9(8-25-11)14(20,21)22/h7-8,30-36H,4-6H2,1-3H3,(H,23,29). The number of alkyl halides is 3. The molecule has 1 aliphatic rings. The van der Waals surface area contributed by atoms with Crippen LogP contribution in [-0.4, -0.2) is 106 Å². The lowest BCUT2D eigenvalue weighted by molar-refractivity contribution is -0.485. The fourth-order valence-electron chi connectivity index (χ4n) is 3.15. The van der Waals surface area contributed by atoms with Crippen molar-refractivity contribution in [1.29, 1.82) is 0 Å². The van der Waals surface area contributed by atoms with Crippen molar-refractivity contribution in [2.24, 2.45) is 0 Å². The molecular formula is C18H25BF3N5O10. The van der Waals surface area contributed by atoms with E-state index in [9.17, 15) is 58.5 Å². The van der Waals surface area contributed by atoms with Gasteiger partial charge in [-0.3, -0.25) is 9.69 Å². The predicted molar refractivity (Wildman–Crippen MR) is 112 cm³/mol. The molecule has 0 bridgehead atoms. The average molecular weight is 539 g/mol. The first-order chi connectivity index (χ1) is 16.5. The number of aliphatic hydroxyl groups is 7. The average Bonchev–Trinajstić information content (AvgIpc) is 2.68. The van der Waals surface area contributed by atoms with Gasteiger partial charge < -0.3 is 45.8 Å². The van der Waals surface area contributed by atoms with Gasteiger partial charge in [-0.25, -0.2) is 19.7 Å². The first-order valence-electron chi connectivity index (χ1n) is 10.3. The number of ether oxygens (including phenoxy) is 1. The summed E-state index contributed by atoms with van der Waals surface area (Å²) in [5.74, 6) is -16.0. The number of hydrogen-bond donors (Lipinski definition) is 8. The summed E-state index contributed by atoms with van der Waals surface area (Å²) in [6, 6.07) is 0. The summed E-state index contributed by atoms with van der Waals surface area (Å²) >= 11 is 0. The highest BCUT2D eigenvalue weighted by atomic mass is 19.4. The normalized spacial score (nSPS) is 22.9. The number of carbonyl (C=O) groups excluding carboxylic acids is 2. The van der Waals surface area contributed by atoms with E-state index in [1.54, 1.807) is 20.8 Å². The van der Waals surface area contributed by atoms with E-state index in [-0.39, 0.29) is 25.4 Å². The molecule has 1 atom stereocenters. The van der Waals surface area contributed by atoms with Crippen LogP contribution < -0.4 is 10.2 Å². The Balaban J connectivity index is 2.33. The van der Waals surface area contributed by atoms with Gasteiger partial charge in [0.05, 0.1) is 5.56 Å². The molecule has 2 radical (unpaired) electrons. The molecule has 2 amide bonds. The third-order valence-corrected chi connectivity index (χ3v) is 4.87. The molecule has 0 spiro atoms. The van der Waals surface area contributed by atoms with Gasteiger partial charge in [-0.05, 0) is 27.2 Å². The zero-order chi connectivity index (χ0) is 28.8. The fourth-order valence-corrected chi connectivity index (χ4v) is 3.15. The van der Waals surface area contributed by atoms with Crippen LogP contribution in [0, 0.1) is 0 Å². The van der Waals surface area contributed by atoms with Crippen LogP contribution in [0.5, 0.6) is 0 Å². The van der Waals surface area contributed by atoms with Crippen LogP contribution in [0.4, 0.5) is 23.9 Å². The summed E-state index contributed by atoms with van der Waals surface area (Å²) in [6.07, 6.45) is -6.79. The van der Waals surface area contributed by atoms with Gasteiger partial charge in [-0.15, -0.1) is 0 Å². The minimum absolute atomic E-state index is 0.0652. The van der Waals surface area contributed by atoms with Crippen LogP contribution in [0.25, 0.3) is 0 Å². The molecule has 8 N–H and O–H groups in total. The summed E-state index contributed by atoms with van der Waals surface area (Å²) in [7, 11) is 5.40. The van der Waals surface area contributed by atoms with Crippen molar-refractivity contribution in [2.75, 3.05) is 11.4 Å². The molecule has 1 saturated heterocycles. The monoisotopic (exact) mass is 539 g/mol. The van der Waals surface area contributed by atoms with Crippen molar-refractivity contribution in [2.45, 2.75) is 68.7 Å². The van der Waals surface area contributed by atoms with E-state index < -0.39 is 74.9 Å². The molecule has 0 saturated carbocycles. The summed E-state index contributed by atoms with van der Waals surface area (Å²) in [5, 5.41) is 75.4. The van der Waals surface area contributed by atoms with E-state index in [1.807, 2.05) is 0 Å². The lowest BCUT2D eigenvalue weighted by atomic mass is 9.80. The predicted octanol–water partition coefficient (Wildman–Crippen LogP) is -2.82. The lowest BCUT2D eigenvalue weighted by Gasteiger charge is -2.62. The van der Waals surface area contributed by atoms with E-state index in [1.165, 1.54) is 0 Å². The molecule has 19 heteroatoms. The second-order valence-electron chi connectivity index (χ2n) is 9.00. The topological polar surface area (TPSA) is 229 Å². The molecule has 206 valence electrons. The second-order valence-corrected chi connectivity index (χ2v) is 9.00.